The zero-order chi connectivity index (χ0) is 12.3. The molecule has 0 radical (unpaired) electrons. The summed E-state index contributed by atoms with van der Waals surface area (Å²) in [5, 5.41) is 10.6. The van der Waals surface area contributed by atoms with E-state index in [9.17, 15) is 9.90 Å². The van der Waals surface area contributed by atoms with Crippen molar-refractivity contribution in [2.24, 2.45) is 0 Å². The predicted octanol–water partition coefficient (Wildman–Crippen LogP) is 1.37. The van der Waals surface area contributed by atoms with E-state index in [2.05, 4.69) is 15.0 Å². The van der Waals surface area contributed by atoms with E-state index in [4.69, 9.17) is 0 Å². The SMILES string of the molecule is C[C@@H](O)c1ccnc(Sc2nccc(=O)[nH]2)c1. The summed E-state index contributed by atoms with van der Waals surface area (Å²) in [5.41, 5.74) is 0.579. The van der Waals surface area contributed by atoms with Gasteiger partial charge in [0.15, 0.2) is 5.16 Å². The number of H-pyrrole nitrogens is 1. The first-order valence-electron chi connectivity index (χ1n) is 5.02. The lowest BCUT2D eigenvalue weighted by Crippen LogP contribution is -2.05. The average molecular weight is 249 g/mol. The van der Waals surface area contributed by atoms with Crippen LogP contribution in [0.5, 0.6) is 0 Å². The van der Waals surface area contributed by atoms with Gasteiger partial charge in [0.25, 0.3) is 5.56 Å². The number of aliphatic hydroxyl groups excluding tert-OH is 1. The molecule has 5 nitrogen and oxygen atoms in total. The van der Waals surface area contributed by atoms with Crippen molar-refractivity contribution in [3.63, 3.8) is 0 Å². The van der Waals surface area contributed by atoms with Gasteiger partial charge in [-0.3, -0.25) is 4.79 Å². The van der Waals surface area contributed by atoms with Gasteiger partial charge in [-0.15, -0.1) is 0 Å². The third-order valence-electron chi connectivity index (χ3n) is 2.09. The number of hydrogen-bond donors (Lipinski definition) is 2. The Kier molecular flexibility index (Phi) is 3.55. The average Bonchev–Trinajstić information content (AvgIpc) is 2.29. The summed E-state index contributed by atoms with van der Waals surface area (Å²) in [5.74, 6) is 0. The molecule has 2 N–H and O–H groups in total. The van der Waals surface area contributed by atoms with E-state index in [-0.39, 0.29) is 5.56 Å². The van der Waals surface area contributed by atoms with E-state index >= 15 is 0 Å². The molecule has 0 fully saturated rings. The van der Waals surface area contributed by atoms with Gasteiger partial charge >= 0.3 is 0 Å². The van der Waals surface area contributed by atoms with Gasteiger partial charge in [-0.25, -0.2) is 9.97 Å². The molecule has 0 spiro atoms. The van der Waals surface area contributed by atoms with Crippen molar-refractivity contribution in [1.82, 2.24) is 15.0 Å². The van der Waals surface area contributed by atoms with Crippen molar-refractivity contribution < 1.29 is 5.11 Å². The summed E-state index contributed by atoms with van der Waals surface area (Å²) in [6.07, 6.45) is 2.52. The molecule has 88 valence electrons. The molecule has 0 aliphatic heterocycles. The molecule has 2 aromatic rings. The second kappa shape index (κ2) is 5.11. The molecule has 0 saturated heterocycles. The first-order valence-corrected chi connectivity index (χ1v) is 5.84. The van der Waals surface area contributed by atoms with Crippen LogP contribution in [-0.2, 0) is 0 Å². The lowest BCUT2D eigenvalue weighted by molar-refractivity contribution is 0.199. The fourth-order valence-corrected chi connectivity index (χ4v) is 2.02. The number of aromatic nitrogens is 3. The number of aromatic amines is 1. The van der Waals surface area contributed by atoms with E-state index in [1.165, 1.54) is 24.0 Å². The van der Waals surface area contributed by atoms with Crippen molar-refractivity contribution in [3.8, 4) is 0 Å². The molecule has 0 aliphatic carbocycles. The van der Waals surface area contributed by atoms with Crippen LogP contribution in [0.3, 0.4) is 0 Å². The molecule has 0 saturated carbocycles. The highest BCUT2D eigenvalue weighted by atomic mass is 32.2. The van der Waals surface area contributed by atoms with Crippen molar-refractivity contribution in [2.45, 2.75) is 23.2 Å². The maximum atomic E-state index is 11.1. The topological polar surface area (TPSA) is 78.9 Å². The third-order valence-corrected chi connectivity index (χ3v) is 2.92. The summed E-state index contributed by atoms with van der Waals surface area (Å²) < 4.78 is 0. The van der Waals surface area contributed by atoms with Gasteiger partial charge in [-0.2, -0.15) is 0 Å². The molecule has 6 heteroatoms. The van der Waals surface area contributed by atoms with Gasteiger partial charge in [0.1, 0.15) is 5.03 Å². The number of hydrogen-bond acceptors (Lipinski definition) is 5. The summed E-state index contributed by atoms with van der Waals surface area (Å²) in [7, 11) is 0. The van der Waals surface area contributed by atoms with E-state index in [0.717, 1.165) is 5.56 Å². The first kappa shape index (κ1) is 11.8. The lowest BCUT2D eigenvalue weighted by Gasteiger charge is -2.05. The highest BCUT2D eigenvalue weighted by molar-refractivity contribution is 7.99. The number of rotatable bonds is 3. The van der Waals surface area contributed by atoms with Gasteiger partial charge in [-0.1, -0.05) is 0 Å². The Morgan fingerprint density at radius 3 is 2.82 bits per heavy atom. The largest absolute Gasteiger partial charge is 0.389 e. The Balaban J connectivity index is 2.24. The maximum Gasteiger partial charge on any atom is 0.251 e. The summed E-state index contributed by atoms with van der Waals surface area (Å²) in [6.45, 7) is 1.69. The van der Waals surface area contributed by atoms with Crippen LogP contribution in [0.15, 0.2) is 45.6 Å². The van der Waals surface area contributed by atoms with Gasteiger partial charge in [-0.05, 0) is 36.4 Å². The molecular weight excluding hydrogens is 238 g/mol. The second-order valence-corrected chi connectivity index (χ2v) is 4.45. The predicted molar refractivity (Wildman–Crippen MR) is 63.9 cm³/mol. The van der Waals surface area contributed by atoms with E-state index < -0.39 is 6.10 Å². The van der Waals surface area contributed by atoms with Crippen LogP contribution < -0.4 is 5.56 Å². The Labute approximate surface area is 102 Å². The standard InChI is InChI=1S/C11H11N3O2S/c1-7(15)8-2-4-12-10(6-8)17-11-13-5-3-9(16)14-11/h2-7,15H,1H3,(H,13,14,16)/t7-/m1/s1. The van der Waals surface area contributed by atoms with Gasteiger partial charge in [0, 0.05) is 18.5 Å². The Morgan fingerprint density at radius 1 is 1.35 bits per heavy atom. The van der Waals surface area contributed by atoms with Gasteiger partial charge in [0.05, 0.1) is 6.10 Å². The maximum absolute atomic E-state index is 11.1. The van der Waals surface area contributed by atoms with Gasteiger partial charge < -0.3 is 10.1 Å². The first-order chi connectivity index (χ1) is 8.15. The summed E-state index contributed by atoms with van der Waals surface area (Å²) in [6, 6.07) is 4.86. The molecule has 0 bridgehead atoms. The summed E-state index contributed by atoms with van der Waals surface area (Å²) >= 11 is 1.24. The van der Waals surface area contributed by atoms with Crippen LogP contribution in [-0.4, -0.2) is 20.1 Å². The third kappa shape index (κ3) is 3.15. The molecule has 0 amide bonds. The highest BCUT2D eigenvalue weighted by Gasteiger charge is 2.05. The number of aliphatic hydroxyl groups is 1. The van der Waals surface area contributed by atoms with Crippen LogP contribution in [0.25, 0.3) is 0 Å². The minimum Gasteiger partial charge on any atom is -0.389 e. The minimum atomic E-state index is -0.542. The number of nitrogens with zero attached hydrogens (tertiary/aromatic N) is 2. The highest BCUT2D eigenvalue weighted by Crippen LogP contribution is 2.23. The van der Waals surface area contributed by atoms with Crippen molar-refractivity contribution in [2.75, 3.05) is 0 Å². The van der Waals surface area contributed by atoms with E-state index in [0.29, 0.717) is 10.2 Å². The van der Waals surface area contributed by atoms with E-state index in [1.54, 1.807) is 25.3 Å². The van der Waals surface area contributed by atoms with Crippen LogP contribution in [0.4, 0.5) is 0 Å². The molecule has 0 aromatic carbocycles. The second-order valence-electron chi connectivity index (χ2n) is 3.44. The van der Waals surface area contributed by atoms with Crippen LogP contribution >= 0.6 is 11.8 Å². The zero-order valence-corrected chi connectivity index (χ0v) is 9.94. The number of nitrogens with one attached hydrogen (secondary N) is 1. The van der Waals surface area contributed by atoms with Gasteiger partial charge in [0.2, 0.25) is 0 Å². The van der Waals surface area contributed by atoms with Crippen LogP contribution in [0, 0.1) is 0 Å². The number of pyridine rings is 1. The normalized spacial score (nSPS) is 12.4. The Bertz CT molecular complexity index is 568. The smallest absolute Gasteiger partial charge is 0.251 e. The minimum absolute atomic E-state index is 0.200. The van der Waals surface area contributed by atoms with Crippen molar-refractivity contribution in [1.29, 1.82) is 0 Å². The molecule has 0 aliphatic rings. The fraction of sp³-hybridized carbons (Fsp3) is 0.182. The van der Waals surface area contributed by atoms with Crippen molar-refractivity contribution >= 4 is 11.8 Å². The Morgan fingerprint density at radius 2 is 2.12 bits per heavy atom. The van der Waals surface area contributed by atoms with Crippen LogP contribution in [0.2, 0.25) is 0 Å². The zero-order valence-electron chi connectivity index (χ0n) is 9.12. The quantitative estimate of drug-likeness (QED) is 0.803. The van der Waals surface area contributed by atoms with Crippen LogP contribution in [0.1, 0.15) is 18.6 Å². The molecule has 2 rings (SSSR count). The molecule has 1 atom stereocenters. The van der Waals surface area contributed by atoms with Crippen molar-refractivity contribution in [3.05, 3.63) is 46.5 Å². The van der Waals surface area contributed by atoms with E-state index in [1.807, 2.05) is 0 Å². The molecule has 17 heavy (non-hydrogen) atoms. The Hall–Kier alpha value is -1.66. The fourth-order valence-electron chi connectivity index (χ4n) is 1.24. The molecule has 2 aromatic heterocycles. The molecule has 0 unspecified atom stereocenters. The monoisotopic (exact) mass is 249 g/mol. The summed E-state index contributed by atoms with van der Waals surface area (Å²) in [4.78, 5) is 21.8. The molecule has 2 heterocycles. The lowest BCUT2D eigenvalue weighted by atomic mass is 10.2. The molecular formula is C11H11N3O2S.